The number of piperidine rings is 1. The lowest BCUT2D eigenvalue weighted by Gasteiger charge is -2.36. The summed E-state index contributed by atoms with van der Waals surface area (Å²) >= 11 is 0. The molecular weight excluding hydrogens is 308 g/mol. The van der Waals surface area contributed by atoms with Crippen LogP contribution in [0.15, 0.2) is 12.3 Å². The number of hydrogen-bond acceptors (Lipinski definition) is 6. The van der Waals surface area contributed by atoms with Crippen molar-refractivity contribution in [1.82, 2.24) is 9.88 Å². The third kappa shape index (κ3) is 4.91. The van der Waals surface area contributed by atoms with Crippen LogP contribution in [0.3, 0.4) is 0 Å². The molecule has 1 fully saturated rings. The summed E-state index contributed by atoms with van der Waals surface area (Å²) < 4.78 is 5.51. The Bertz CT molecular complexity index is 571. The number of nitrogens with two attached hydrogens (primary N) is 1. The molecule has 0 bridgehead atoms. The zero-order valence-corrected chi connectivity index (χ0v) is 14.7. The monoisotopic (exact) mass is 336 g/mol. The van der Waals surface area contributed by atoms with Crippen LogP contribution in [0.25, 0.3) is 0 Å². The number of likely N-dealkylation sites (tertiary alicyclic amines) is 1. The minimum atomic E-state index is -0.489. The molecule has 1 aromatic rings. The van der Waals surface area contributed by atoms with Crippen LogP contribution in [0.4, 0.5) is 16.3 Å². The Morgan fingerprint density at radius 2 is 2.25 bits per heavy atom. The van der Waals surface area contributed by atoms with Gasteiger partial charge in [-0.3, -0.25) is 0 Å². The molecule has 2 rings (SSSR count). The van der Waals surface area contributed by atoms with E-state index in [4.69, 9.17) is 10.5 Å². The number of nitrogens with one attached hydrogen (secondary N) is 1. The van der Waals surface area contributed by atoms with Crippen molar-refractivity contribution in [1.29, 1.82) is 0 Å². The Morgan fingerprint density at radius 3 is 2.96 bits per heavy atom. The van der Waals surface area contributed by atoms with Crippen LogP contribution in [0.1, 0.15) is 46.5 Å². The molecule has 4 N–H and O–H groups in total. The summed E-state index contributed by atoms with van der Waals surface area (Å²) in [5, 5.41) is 12.7. The number of nitrogen functional groups attached to an aromatic ring is 1. The van der Waals surface area contributed by atoms with Crippen LogP contribution in [-0.2, 0) is 4.74 Å². The van der Waals surface area contributed by atoms with Crippen molar-refractivity contribution in [3.8, 4) is 5.75 Å². The number of carbonyl (C=O) groups excluding carboxylic acids is 1. The third-order valence-electron chi connectivity index (χ3n) is 3.99. The number of pyridine rings is 1. The fourth-order valence-electron chi connectivity index (χ4n) is 2.82. The van der Waals surface area contributed by atoms with Crippen molar-refractivity contribution in [3.05, 3.63) is 12.3 Å². The lowest BCUT2D eigenvalue weighted by atomic mass is 10.00. The van der Waals surface area contributed by atoms with Gasteiger partial charge in [-0.1, -0.05) is 0 Å². The third-order valence-corrected chi connectivity index (χ3v) is 3.99. The number of ether oxygens (including phenoxy) is 1. The van der Waals surface area contributed by atoms with Crippen LogP contribution < -0.4 is 11.1 Å². The maximum atomic E-state index is 12.4. The number of carbonyl (C=O) groups is 1. The average molecular weight is 336 g/mol. The van der Waals surface area contributed by atoms with Gasteiger partial charge in [-0.25, -0.2) is 9.78 Å². The molecule has 1 aliphatic heterocycles. The van der Waals surface area contributed by atoms with Crippen LogP contribution in [0.2, 0.25) is 0 Å². The number of amides is 1. The van der Waals surface area contributed by atoms with Gasteiger partial charge in [-0.05, 0) is 46.5 Å². The molecule has 1 amide bonds. The molecule has 7 nitrogen and oxygen atoms in total. The van der Waals surface area contributed by atoms with E-state index in [1.54, 1.807) is 0 Å². The molecule has 0 aliphatic carbocycles. The van der Waals surface area contributed by atoms with E-state index >= 15 is 0 Å². The highest BCUT2D eigenvalue weighted by molar-refractivity contribution is 5.69. The van der Waals surface area contributed by atoms with Gasteiger partial charge < -0.3 is 25.8 Å². The van der Waals surface area contributed by atoms with E-state index < -0.39 is 5.60 Å². The summed E-state index contributed by atoms with van der Waals surface area (Å²) in [4.78, 5) is 18.3. The Balaban J connectivity index is 1.91. The smallest absolute Gasteiger partial charge is 0.410 e. The first kappa shape index (κ1) is 18.2. The highest BCUT2D eigenvalue weighted by Crippen LogP contribution is 2.26. The second-order valence-corrected chi connectivity index (χ2v) is 7.13. The molecule has 1 aliphatic rings. The normalized spacial score (nSPS) is 18.3. The van der Waals surface area contributed by atoms with Gasteiger partial charge in [-0.2, -0.15) is 0 Å². The molecule has 1 atom stereocenters. The molecule has 24 heavy (non-hydrogen) atoms. The summed E-state index contributed by atoms with van der Waals surface area (Å²) in [5.74, 6) is 0.482. The van der Waals surface area contributed by atoms with Crippen LogP contribution in [0, 0.1) is 0 Å². The predicted octanol–water partition coefficient (Wildman–Crippen LogP) is 2.96. The van der Waals surface area contributed by atoms with Gasteiger partial charge in [0.1, 0.15) is 17.0 Å². The minimum absolute atomic E-state index is 0.0144. The lowest BCUT2D eigenvalue weighted by Crippen LogP contribution is -2.46. The highest BCUT2D eigenvalue weighted by Gasteiger charge is 2.30. The molecule has 0 radical (unpaired) electrons. The average Bonchev–Trinajstić information content (AvgIpc) is 2.50. The summed E-state index contributed by atoms with van der Waals surface area (Å²) in [6.07, 6.45) is 5.10. The summed E-state index contributed by atoms with van der Waals surface area (Å²) in [6.45, 7) is 6.97. The molecule has 1 aromatic heterocycles. The van der Waals surface area contributed by atoms with Gasteiger partial charge in [-0.15, -0.1) is 0 Å². The van der Waals surface area contributed by atoms with Crippen molar-refractivity contribution in [2.75, 3.05) is 24.1 Å². The zero-order chi connectivity index (χ0) is 17.7. The Kier molecular flexibility index (Phi) is 5.75. The van der Waals surface area contributed by atoms with Crippen molar-refractivity contribution < 1.29 is 14.6 Å². The van der Waals surface area contributed by atoms with Gasteiger partial charge in [0.2, 0.25) is 0 Å². The first-order valence-electron chi connectivity index (χ1n) is 8.45. The van der Waals surface area contributed by atoms with Gasteiger partial charge >= 0.3 is 6.09 Å². The number of nitrogens with zero attached hydrogens (tertiary/aromatic N) is 2. The number of rotatable bonds is 4. The van der Waals surface area contributed by atoms with Crippen LogP contribution >= 0.6 is 0 Å². The standard InChI is InChI=1S/C17H28N4O3/c1-17(2,3)24-16(23)21-11-5-4-6-12(21)7-9-19-15-14(18)13(22)8-10-20-15/h8,10,12H,4-7,9,11,18H2,1-3H3,(H2,19,20,22). The molecule has 7 heteroatoms. The van der Waals surface area contributed by atoms with Gasteiger partial charge in [0.25, 0.3) is 0 Å². The highest BCUT2D eigenvalue weighted by atomic mass is 16.6. The summed E-state index contributed by atoms with van der Waals surface area (Å²) in [5.41, 5.74) is 5.54. The van der Waals surface area contributed by atoms with E-state index in [0.29, 0.717) is 12.4 Å². The van der Waals surface area contributed by atoms with Gasteiger partial charge in [0.15, 0.2) is 5.82 Å². The summed E-state index contributed by atoms with van der Waals surface area (Å²) in [6, 6.07) is 1.59. The van der Waals surface area contributed by atoms with Crippen LogP contribution in [-0.4, -0.2) is 45.8 Å². The Labute approximate surface area is 143 Å². The number of aromatic nitrogens is 1. The van der Waals surface area contributed by atoms with E-state index in [-0.39, 0.29) is 23.6 Å². The SMILES string of the molecule is CC(C)(C)OC(=O)N1CCCCC1CCNc1nccc(O)c1N. The van der Waals surface area contributed by atoms with Gasteiger partial charge in [0, 0.05) is 31.4 Å². The summed E-state index contributed by atoms with van der Waals surface area (Å²) in [7, 11) is 0. The topological polar surface area (TPSA) is 101 Å². The predicted molar refractivity (Wildman–Crippen MR) is 94.0 cm³/mol. The quantitative estimate of drug-likeness (QED) is 0.781. The number of hydrogen-bond donors (Lipinski definition) is 3. The van der Waals surface area contributed by atoms with E-state index in [1.807, 2.05) is 25.7 Å². The second-order valence-electron chi connectivity index (χ2n) is 7.13. The first-order valence-corrected chi connectivity index (χ1v) is 8.45. The van der Waals surface area contributed by atoms with E-state index in [0.717, 1.165) is 32.2 Å². The molecular formula is C17H28N4O3. The van der Waals surface area contributed by atoms with Crippen molar-refractivity contribution in [2.24, 2.45) is 0 Å². The zero-order valence-electron chi connectivity index (χ0n) is 14.7. The van der Waals surface area contributed by atoms with Crippen molar-refractivity contribution >= 4 is 17.6 Å². The van der Waals surface area contributed by atoms with Gasteiger partial charge in [0.05, 0.1) is 0 Å². The molecule has 1 saturated heterocycles. The van der Waals surface area contributed by atoms with Crippen molar-refractivity contribution in [2.45, 2.75) is 58.1 Å². The lowest BCUT2D eigenvalue weighted by molar-refractivity contribution is 0.00930. The molecule has 1 unspecified atom stereocenters. The molecule has 0 saturated carbocycles. The maximum absolute atomic E-state index is 12.4. The largest absolute Gasteiger partial charge is 0.506 e. The van der Waals surface area contributed by atoms with E-state index in [2.05, 4.69) is 10.3 Å². The molecule has 134 valence electrons. The Hall–Kier alpha value is -2.18. The van der Waals surface area contributed by atoms with Crippen LogP contribution in [0.5, 0.6) is 5.75 Å². The number of aromatic hydroxyl groups is 1. The molecule has 2 heterocycles. The van der Waals surface area contributed by atoms with E-state index in [1.165, 1.54) is 12.3 Å². The fourth-order valence-corrected chi connectivity index (χ4v) is 2.82. The molecule has 0 spiro atoms. The minimum Gasteiger partial charge on any atom is -0.506 e. The van der Waals surface area contributed by atoms with E-state index in [9.17, 15) is 9.90 Å². The van der Waals surface area contributed by atoms with Crippen molar-refractivity contribution in [3.63, 3.8) is 0 Å². The Morgan fingerprint density at radius 1 is 1.50 bits per heavy atom. The first-order chi connectivity index (χ1) is 11.3. The fraction of sp³-hybridized carbons (Fsp3) is 0.647. The molecule has 0 aromatic carbocycles. The maximum Gasteiger partial charge on any atom is 0.410 e. The number of anilines is 2. The second kappa shape index (κ2) is 7.59.